The van der Waals surface area contributed by atoms with E-state index >= 15 is 0 Å². The molecular weight excluding hydrogens is 216 g/mol. The van der Waals surface area contributed by atoms with Crippen LogP contribution in [0.4, 0.5) is 5.82 Å². The van der Waals surface area contributed by atoms with Crippen molar-refractivity contribution in [2.45, 2.75) is 32.2 Å². The van der Waals surface area contributed by atoms with Crippen LogP contribution in [0.3, 0.4) is 0 Å². The molecule has 0 spiro atoms. The zero-order valence-electron chi connectivity index (χ0n) is 10.2. The fraction of sp³-hybridized carbons (Fsp3) is 0.667. The van der Waals surface area contributed by atoms with E-state index in [-0.39, 0.29) is 11.6 Å². The summed E-state index contributed by atoms with van der Waals surface area (Å²) in [6.07, 6.45) is 6.53. The third kappa shape index (κ3) is 2.49. The number of aromatic nitrogens is 2. The fourth-order valence-corrected chi connectivity index (χ4v) is 2.56. The summed E-state index contributed by atoms with van der Waals surface area (Å²) in [5.41, 5.74) is 5.69. The van der Waals surface area contributed by atoms with Crippen molar-refractivity contribution in [1.29, 1.82) is 0 Å². The highest BCUT2D eigenvalue weighted by molar-refractivity contribution is 5.37. The van der Waals surface area contributed by atoms with E-state index in [1.165, 1.54) is 6.42 Å². The molecule has 0 aromatic carbocycles. The van der Waals surface area contributed by atoms with Crippen LogP contribution in [0.15, 0.2) is 17.2 Å². The van der Waals surface area contributed by atoms with Crippen LogP contribution < -0.4 is 16.2 Å². The normalized spacial score (nSPS) is 24.9. The predicted molar refractivity (Wildman–Crippen MR) is 68.1 cm³/mol. The second-order valence-corrected chi connectivity index (χ2v) is 4.62. The summed E-state index contributed by atoms with van der Waals surface area (Å²) >= 11 is 0. The molecule has 0 radical (unpaired) electrons. The number of anilines is 1. The van der Waals surface area contributed by atoms with Crippen molar-refractivity contribution in [3.63, 3.8) is 0 Å². The number of piperidine rings is 1. The maximum absolute atomic E-state index is 11.7. The number of nitrogens with zero attached hydrogens (tertiary/aromatic N) is 2. The molecule has 0 saturated carbocycles. The highest BCUT2D eigenvalue weighted by atomic mass is 16.1. The van der Waals surface area contributed by atoms with Crippen molar-refractivity contribution in [2.24, 2.45) is 11.7 Å². The summed E-state index contributed by atoms with van der Waals surface area (Å²) in [7, 11) is 0. The molecule has 1 aliphatic heterocycles. The first-order valence-electron chi connectivity index (χ1n) is 6.26. The largest absolute Gasteiger partial charge is 0.348 e. The van der Waals surface area contributed by atoms with Gasteiger partial charge in [-0.15, -0.1) is 0 Å². The first-order valence-corrected chi connectivity index (χ1v) is 6.26. The Hall–Kier alpha value is -1.36. The summed E-state index contributed by atoms with van der Waals surface area (Å²) in [4.78, 5) is 20.6. The van der Waals surface area contributed by atoms with Crippen LogP contribution in [0, 0.1) is 5.92 Å². The first kappa shape index (κ1) is 12.1. The molecular formula is C12H20N4O. The molecule has 17 heavy (non-hydrogen) atoms. The smallest absolute Gasteiger partial charge is 0.290 e. The molecule has 1 aromatic heterocycles. The van der Waals surface area contributed by atoms with Crippen LogP contribution in [-0.2, 0) is 0 Å². The van der Waals surface area contributed by atoms with Crippen molar-refractivity contribution in [3.8, 4) is 0 Å². The number of nitrogens with two attached hydrogens (primary N) is 1. The summed E-state index contributed by atoms with van der Waals surface area (Å²) in [5.74, 6) is 1.24. The molecule has 1 fully saturated rings. The Bertz CT molecular complexity index is 417. The molecule has 5 nitrogen and oxygen atoms in total. The Kier molecular flexibility index (Phi) is 3.78. The zero-order chi connectivity index (χ0) is 12.3. The highest BCUT2D eigenvalue weighted by Gasteiger charge is 2.28. The van der Waals surface area contributed by atoms with Gasteiger partial charge in [0, 0.05) is 31.5 Å². The van der Waals surface area contributed by atoms with Gasteiger partial charge in [0.25, 0.3) is 5.56 Å². The van der Waals surface area contributed by atoms with Crippen LogP contribution in [0.25, 0.3) is 0 Å². The number of aromatic amines is 1. The lowest BCUT2D eigenvalue weighted by Crippen LogP contribution is -2.49. The number of rotatable bonds is 3. The highest BCUT2D eigenvalue weighted by Crippen LogP contribution is 2.26. The molecule has 2 rings (SSSR count). The van der Waals surface area contributed by atoms with Gasteiger partial charge in [-0.1, -0.05) is 13.3 Å². The van der Waals surface area contributed by atoms with Gasteiger partial charge in [0.2, 0.25) is 0 Å². The number of hydrogen-bond donors (Lipinski definition) is 2. The van der Waals surface area contributed by atoms with Crippen molar-refractivity contribution in [1.82, 2.24) is 9.97 Å². The standard InChI is InChI=1S/C12H20N4O/c1-2-9-3-6-16(10(7-9)8-13)11-12(17)15-5-4-14-11/h4-5,9-10H,2-3,6-8,13H2,1H3,(H,15,17). The lowest BCUT2D eigenvalue weighted by molar-refractivity contribution is 0.333. The fourth-order valence-electron chi connectivity index (χ4n) is 2.56. The molecule has 0 bridgehead atoms. The second kappa shape index (κ2) is 5.31. The van der Waals surface area contributed by atoms with Crippen LogP contribution in [-0.4, -0.2) is 29.1 Å². The van der Waals surface area contributed by atoms with Crippen molar-refractivity contribution >= 4 is 5.82 Å². The van der Waals surface area contributed by atoms with Gasteiger partial charge in [-0.2, -0.15) is 0 Å². The molecule has 2 atom stereocenters. The van der Waals surface area contributed by atoms with Crippen LogP contribution in [0.5, 0.6) is 0 Å². The van der Waals surface area contributed by atoms with Gasteiger partial charge in [0.05, 0.1) is 0 Å². The predicted octanol–water partition coefficient (Wildman–Crippen LogP) is 0.724. The molecule has 2 heterocycles. The third-order valence-corrected chi connectivity index (χ3v) is 3.63. The molecule has 1 aromatic rings. The topological polar surface area (TPSA) is 75.0 Å². The van der Waals surface area contributed by atoms with Crippen molar-refractivity contribution in [2.75, 3.05) is 18.0 Å². The van der Waals surface area contributed by atoms with Crippen molar-refractivity contribution < 1.29 is 0 Å². The number of nitrogens with one attached hydrogen (secondary N) is 1. The third-order valence-electron chi connectivity index (χ3n) is 3.63. The molecule has 1 saturated heterocycles. The maximum Gasteiger partial charge on any atom is 0.290 e. The number of hydrogen-bond acceptors (Lipinski definition) is 4. The van der Waals surface area contributed by atoms with Crippen molar-refractivity contribution in [3.05, 3.63) is 22.7 Å². The summed E-state index contributed by atoms with van der Waals surface area (Å²) in [5, 5.41) is 0. The summed E-state index contributed by atoms with van der Waals surface area (Å²) in [6, 6.07) is 0.240. The van der Waals surface area contributed by atoms with Gasteiger partial charge in [0.15, 0.2) is 5.82 Å². The zero-order valence-corrected chi connectivity index (χ0v) is 10.2. The molecule has 1 aliphatic rings. The van der Waals surface area contributed by atoms with Crippen LogP contribution in [0.1, 0.15) is 26.2 Å². The average molecular weight is 236 g/mol. The van der Waals surface area contributed by atoms with E-state index < -0.39 is 0 Å². The van der Waals surface area contributed by atoms with E-state index in [4.69, 9.17) is 5.73 Å². The van der Waals surface area contributed by atoms with Gasteiger partial charge in [-0.25, -0.2) is 4.98 Å². The maximum atomic E-state index is 11.7. The Morgan fingerprint density at radius 1 is 1.65 bits per heavy atom. The molecule has 2 unspecified atom stereocenters. The first-order chi connectivity index (χ1) is 8.26. The van der Waals surface area contributed by atoms with E-state index in [0.29, 0.717) is 12.4 Å². The molecule has 0 amide bonds. The average Bonchev–Trinajstić information content (AvgIpc) is 2.38. The monoisotopic (exact) mass is 236 g/mol. The molecule has 3 N–H and O–H groups in total. The molecule has 0 aliphatic carbocycles. The van der Waals surface area contributed by atoms with Gasteiger partial charge >= 0.3 is 0 Å². The van der Waals surface area contributed by atoms with Crippen LogP contribution in [0.2, 0.25) is 0 Å². The second-order valence-electron chi connectivity index (χ2n) is 4.62. The number of H-pyrrole nitrogens is 1. The van der Waals surface area contributed by atoms with Gasteiger partial charge in [-0.3, -0.25) is 4.79 Å². The minimum atomic E-state index is -0.124. The van der Waals surface area contributed by atoms with Gasteiger partial charge in [0.1, 0.15) is 0 Å². The Morgan fingerprint density at radius 3 is 3.12 bits per heavy atom. The quantitative estimate of drug-likeness (QED) is 0.811. The van der Waals surface area contributed by atoms with Gasteiger partial charge in [-0.05, 0) is 18.8 Å². The van der Waals surface area contributed by atoms with E-state index in [1.807, 2.05) is 0 Å². The molecule has 94 valence electrons. The minimum Gasteiger partial charge on any atom is -0.348 e. The summed E-state index contributed by atoms with van der Waals surface area (Å²) in [6.45, 7) is 3.66. The molecule has 5 heteroatoms. The Balaban J connectivity index is 2.21. The van der Waals surface area contributed by atoms with Gasteiger partial charge < -0.3 is 15.6 Å². The lowest BCUT2D eigenvalue weighted by Gasteiger charge is -2.39. The summed E-state index contributed by atoms with van der Waals surface area (Å²) < 4.78 is 0. The van der Waals surface area contributed by atoms with E-state index in [1.54, 1.807) is 12.4 Å². The Labute approximate surface area is 101 Å². The Morgan fingerprint density at radius 2 is 2.47 bits per heavy atom. The minimum absolute atomic E-state index is 0.124. The SMILES string of the molecule is CCC1CCN(c2ncc[nH]c2=O)C(CN)C1. The van der Waals surface area contributed by atoms with E-state index in [9.17, 15) is 4.79 Å². The van der Waals surface area contributed by atoms with E-state index in [0.717, 1.165) is 25.3 Å². The van der Waals surface area contributed by atoms with E-state index in [2.05, 4.69) is 21.8 Å². The van der Waals surface area contributed by atoms with Crippen LogP contribution >= 0.6 is 0 Å². The lowest BCUT2D eigenvalue weighted by atomic mass is 9.89.